The van der Waals surface area contributed by atoms with Crippen molar-refractivity contribution in [3.05, 3.63) is 93.5 Å². The third-order valence-electron chi connectivity index (χ3n) is 5.72. The molecule has 35 heavy (non-hydrogen) atoms. The number of nitrogens with one attached hydrogen (secondary N) is 1. The maximum absolute atomic E-state index is 13.7. The number of nitrogens with two attached hydrogens (primary N) is 1. The highest BCUT2D eigenvalue weighted by atomic mass is 32.2. The Kier molecular flexibility index (Phi) is 6.89. The standard InChI is InChI=1S/C25H21FN4O4S/c1-34-19(31)11-18-24(33)30-22(28)17(12-27)20(15-7-9-16(26)10-8-15)21(25(30)35-18)23(32)29-13-14-5-3-2-4-6-14/h2-10,18,20H,11,13,28H2,1H3,(H,29,32)/t18-,20-/m0/s1. The summed E-state index contributed by atoms with van der Waals surface area (Å²) in [5.74, 6) is -3.16. The summed E-state index contributed by atoms with van der Waals surface area (Å²) in [6, 6.07) is 16.7. The number of carbonyl (C=O) groups excluding carboxylic acids is 3. The van der Waals surface area contributed by atoms with Crippen molar-refractivity contribution in [3.8, 4) is 6.07 Å². The minimum Gasteiger partial charge on any atom is -0.469 e. The van der Waals surface area contributed by atoms with Crippen LogP contribution in [0, 0.1) is 17.1 Å². The molecule has 0 saturated carbocycles. The van der Waals surface area contributed by atoms with E-state index in [9.17, 15) is 24.0 Å². The molecule has 0 radical (unpaired) electrons. The van der Waals surface area contributed by atoms with Gasteiger partial charge in [-0.25, -0.2) is 4.39 Å². The van der Waals surface area contributed by atoms with Crippen LogP contribution in [0.25, 0.3) is 0 Å². The van der Waals surface area contributed by atoms with E-state index in [1.807, 2.05) is 36.4 Å². The zero-order valence-electron chi connectivity index (χ0n) is 18.7. The van der Waals surface area contributed by atoms with Gasteiger partial charge in [-0.15, -0.1) is 0 Å². The SMILES string of the molecule is COC(=O)C[C@@H]1SC2=C(C(=O)NCc3ccccc3)[C@@H](c3ccc(F)cc3)C(C#N)=C(N)N2C1=O. The van der Waals surface area contributed by atoms with Crippen LogP contribution in [0.5, 0.6) is 0 Å². The largest absolute Gasteiger partial charge is 0.469 e. The fraction of sp³-hybridized carbons (Fsp3) is 0.200. The number of hydrogen-bond donors (Lipinski definition) is 2. The van der Waals surface area contributed by atoms with Crippen molar-refractivity contribution in [2.45, 2.75) is 24.1 Å². The summed E-state index contributed by atoms with van der Waals surface area (Å²) in [7, 11) is 1.22. The highest BCUT2D eigenvalue weighted by Gasteiger charge is 2.48. The lowest BCUT2D eigenvalue weighted by Crippen LogP contribution is -2.40. The van der Waals surface area contributed by atoms with Crippen molar-refractivity contribution in [1.82, 2.24) is 10.2 Å². The number of carbonyl (C=O) groups is 3. The minimum atomic E-state index is -0.931. The molecule has 1 saturated heterocycles. The van der Waals surface area contributed by atoms with Crippen LogP contribution in [0.15, 0.2) is 76.6 Å². The Bertz CT molecular complexity index is 1280. The smallest absolute Gasteiger partial charge is 0.307 e. The molecule has 2 heterocycles. The Balaban J connectivity index is 1.81. The number of esters is 1. The first kappa shape index (κ1) is 24.0. The molecule has 8 nitrogen and oxygen atoms in total. The number of hydrogen-bond acceptors (Lipinski definition) is 7. The number of benzene rings is 2. The summed E-state index contributed by atoms with van der Waals surface area (Å²) in [5, 5.41) is 12.2. The van der Waals surface area contributed by atoms with Crippen LogP contribution in [0.2, 0.25) is 0 Å². The van der Waals surface area contributed by atoms with Gasteiger partial charge < -0.3 is 15.8 Å². The molecule has 3 N–H and O–H groups in total. The fourth-order valence-electron chi connectivity index (χ4n) is 4.01. The highest BCUT2D eigenvalue weighted by Crippen LogP contribution is 2.49. The molecule has 0 aliphatic carbocycles. The number of methoxy groups -OCH3 is 1. The van der Waals surface area contributed by atoms with Gasteiger partial charge in [-0.2, -0.15) is 5.26 Å². The molecule has 2 atom stereocenters. The number of nitrogens with zero attached hydrogens (tertiary/aromatic N) is 2. The average molecular weight is 493 g/mol. The Labute approximate surface area is 205 Å². The van der Waals surface area contributed by atoms with Crippen LogP contribution in [-0.2, 0) is 25.7 Å². The van der Waals surface area contributed by atoms with Crippen LogP contribution in [0.3, 0.4) is 0 Å². The van der Waals surface area contributed by atoms with Gasteiger partial charge in [0.2, 0.25) is 5.91 Å². The van der Waals surface area contributed by atoms with Gasteiger partial charge in [-0.05, 0) is 23.3 Å². The van der Waals surface area contributed by atoms with Gasteiger partial charge >= 0.3 is 5.97 Å². The maximum atomic E-state index is 13.7. The Morgan fingerprint density at radius 2 is 1.89 bits per heavy atom. The zero-order chi connectivity index (χ0) is 25.1. The molecule has 0 spiro atoms. The molecule has 178 valence electrons. The van der Waals surface area contributed by atoms with E-state index < -0.39 is 34.8 Å². The Morgan fingerprint density at radius 3 is 2.51 bits per heavy atom. The van der Waals surface area contributed by atoms with Gasteiger partial charge in [0.25, 0.3) is 5.91 Å². The number of allylic oxidation sites excluding steroid dienone is 1. The third-order valence-corrected chi connectivity index (χ3v) is 7.00. The molecule has 2 amide bonds. The Hall–Kier alpha value is -4.10. The van der Waals surface area contributed by atoms with Crippen LogP contribution >= 0.6 is 11.8 Å². The molecule has 4 rings (SSSR count). The number of fused-ring (bicyclic) bond motifs is 1. The first-order chi connectivity index (χ1) is 16.8. The van der Waals surface area contributed by atoms with Gasteiger partial charge in [0.1, 0.15) is 16.9 Å². The molecular weight excluding hydrogens is 471 g/mol. The monoisotopic (exact) mass is 492 g/mol. The number of ether oxygens (including phenoxy) is 1. The third kappa shape index (κ3) is 4.63. The van der Waals surface area contributed by atoms with Crippen molar-refractivity contribution >= 4 is 29.5 Å². The minimum absolute atomic E-state index is 0.0158. The van der Waals surface area contributed by atoms with Crippen LogP contribution in [0.1, 0.15) is 23.5 Å². The molecule has 0 aromatic heterocycles. The summed E-state index contributed by atoms with van der Waals surface area (Å²) >= 11 is 1.02. The molecule has 10 heteroatoms. The van der Waals surface area contributed by atoms with E-state index in [4.69, 9.17) is 10.5 Å². The predicted molar refractivity (Wildman–Crippen MR) is 126 cm³/mol. The molecule has 2 aromatic carbocycles. The molecule has 0 unspecified atom stereocenters. The van der Waals surface area contributed by atoms with Crippen molar-refractivity contribution in [2.75, 3.05) is 7.11 Å². The number of rotatable bonds is 6. The maximum Gasteiger partial charge on any atom is 0.307 e. The predicted octanol–water partition coefficient (Wildman–Crippen LogP) is 2.65. The summed E-state index contributed by atoms with van der Waals surface area (Å²) in [6.07, 6.45) is -0.227. The number of thioether (sulfide) groups is 1. The van der Waals surface area contributed by atoms with Crippen molar-refractivity contribution in [1.29, 1.82) is 5.26 Å². The molecule has 2 aliphatic rings. The Morgan fingerprint density at radius 1 is 1.20 bits per heavy atom. The zero-order valence-corrected chi connectivity index (χ0v) is 19.5. The van der Waals surface area contributed by atoms with Gasteiger partial charge in [-0.1, -0.05) is 54.2 Å². The van der Waals surface area contributed by atoms with Crippen molar-refractivity contribution in [3.63, 3.8) is 0 Å². The lowest BCUT2D eigenvalue weighted by atomic mass is 9.82. The molecule has 2 aromatic rings. The topological polar surface area (TPSA) is 126 Å². The highest BCUT2D eigenvalue weighted by molar-refractivity contribution is 8.04. The lowest BCUT2D eigenvalue weighted by molar-refractivity contribution is -0.142. The quantitative estimate of drug-likeness (QED) is 0.594. The van der Waals surface area contributed by atoms with E-state index in [2.05, 4.69) is 5.32 Å². The van der Waals surface area contributed by atoms with E-state index >= 15 is 0 Å². The molecule has 0 bridgehead atoms. The van der Waals surface area contributed by atoms with Gasteiger partial charge in [0.05, 0.1) is 41.7 Å². The second-order valence-electron chi connectivity index (χ2n) is 7.84. The normalized spacial score (nSPS) is 19.3. The van der Waals surface area contributed by atoms with Crippen molar-refractivity contribution in [2.24, 2.45) is 5.73 Å². The summed E-state index contributed by atoms with van der Waals surface area (Å²) < 4.78 is 18.3. The number of halogens is 1. The number of nitriles is 1. The summed E-state index contributed by atoms with van der Waals surface area (Å²) in [5.41, 5.74) is 7.70. The molecular formula is C25H21FN4O4S. The van der Waals surface area contributed by atoms with Gasteiger partial charge in [0.15, 0.2) is 0 Å². The van der Waals surface area contributed by atoms with Crippen LogP contribution < -0.4 is 11.1 Å². The summed E-state index contributed by atoms with van der Waals surface area (Å²) in [4.78, 5) is 39.7. The van der Waals surface area contributed by atoms with E-state index in [-0.39, 0.29) is 35.0 Å². The second kappa shape index (κ2) is 10.0. The van der Waals surface area contributed by atoms with Crippen molar-refractivity contribution < 1.29 is 23.5 Å². The van der Waals surface area contributed by atoms with Gasteiger partial charge in [0, 0.05) is 6.54 Å². The second-order valence-corrected chi connectivity index (χ2v) is 9.03. The van der Waals surface area contributed by atoms with E-state index in [0.717, 1.165) is 22.2 Å². The van der Waals surface area contributed by atoms with Gasteiger partial charge in [-0.3, -0.25) is 19.3 Å². The average Bonchev–Trinajstić information content (AvgIpc) is 3.19. The van der Waals surface area contributed by atoms with Crippen LogP contribution in [-0.4, -0.2) is 35.0 Å². The first-order valence-corrected chi connectivity index (χ1v) is 11.5. The van der Waals surface area contributed by atoms with E-state index in [1.54, 1.807) is 0 Å². The van der Waals surface area contributed by atoms with E-state index in [1.165, 1.54) is 31.4 Å². The first-order valence-electron chi connectivity index (χ1n) is 10.6. The van der Waals surface area contributed by atoms with E-state index in [0.29, 0.717) is 5.56 Å². The molecule has 2 aliphatic heterocycles. The summed E-state index contributed by atoms with van der Waals surface area (Å²) in [6.45, 7) is 0.206. The fourth-order valence-corrected chi connectivity index (χ4v) is 5.33. The molecule has 1 fully saturated rings. The lowest BCUT2D eigenvalue weighted by Gasteiger charge is -2.32. The van der Waals surface area contributed by atoms with Crippen LogP contribution in [0.4, 0.5) is 4.39 Å². The number of amides is 2.